The first-order valence-electron chi connectivity index (χ1n) is 9.35. The molecule has 0 atom stereocenters. The Labute approximate surface area is 181 Å². The van der Waals surface area contributed by atoms with E-state index in [1.807, 2.05) is 49.4 Å². The van der Waals surface area contributed by atoms with Crippen LogP contribution < -0.4 is 5.32 Å². The maximum Gasteiger partial charge on any atom is 0.251 e. The number of hydrogen-bond acceptors (Lipinski definition) is 4. The predicted octanol–water partition coefficient (Wildman–Crippen LogP) is 6.29. The van der Waals surface area contributed by atoms with Crippen molar-refractivity contribution in [1.82, 2.24) is 10.3 Å². The van der Waals surface area contributed by atoms with Gasteiger partial charge >= 0.3 is 0 Å². The highest BCUT2D eigenvalue weighted by Gasteiger charge is 2.11. The quantitative estimate of drug-likeness (QED) is 0.304. The Bertz CT molecular complexity index is 1250. The molecule has 0 spiro atoms. The van der Waals surface area contributed by atoms with Crippen LogP contribution >= 0.6 is 15.9 Å². The molecule has 7 heteroatoms. The van der Waals surface area contributed by atoms with Gasteiger partial charge in [0, 0.05) is 22.0 Å². The molecule has 0 radical (unpaired) electrons. The molecule has 30 heavy (non-hydrogen) atoms. The van der Waals surface area contributed by atoms with Gasteiger partial charge in [0.25, 0.3) is 5.91 Å². The largest absolute Gasteiger partial charge is 0.493 e. The number of aromatic hydroxyl groups is 1. The number of amides is 1. The SMILES string of the molecule is Cc1cccc(CNC(=O)c2ccc(N=Nc3c(O)[nH]c4ccc(Br)cc34)cc2)c1. The fourth-order valence-corrected chi connectivity index (χ4v) is 3.49. The monoisotopic (exact) mass is 462 g/mol. The number of nitrogens with one attached hydrogen (secondary N) is 2. The summed E-state index contributed by atoms with van der Waals surface area (Å²) < 4.78 is 0.881. The minimum atomic E-state index is -0.154. The minimum Gasteiger partial charge on any atom is -0.493 e. The molecule has 1 amide bonds. The van der Waals surface area contributed by atoms with Gasteiger partial charge in [0.15, 0.2) is 5.69 Å². The highest BCUT2D eigenvalue weighted by molar-refractivity contribution is 9.10. The van der Waals surface area contributed by atoms with E-state index in [0.29, 0.717) is 23.5 Å². The summed E-state index contributed by atoms with van der Waals surface area (Å²) in [6, 6.07) is 20.4. The van der Waals surface area contributed by atoms with Crippen molar-refractivity contribution in [2.45, 2.75) is 13.5 Å². The third-order valence-corrected chi connectivity index (χ3v) is 5.14. The number of aromatic amines is 1. The highest BCUT2D eigenvalue weighted by Crippen LogP contribution is 2.37. The second-order valence-corrected chi connectivity index (χ2v) is 7.85. The Morgan fingerprint density at radius 2 is 1.87 bits per heavy atom. The van der Waals surface area contributed by atoms with E-state index in [1.54, 1.807) is 24.3 Å². The Hall–Kier alpha value is -3.45. The van der Waals surface area contributed by atoms with Gasteiger partial charge in [-0.3, -0.25) is 4.79 Å². The Morgan fingerprint density at radius 1 is 1.07 bits per heavy atom. The van der Waals surface area contributed by atoms with Gasteiger partial charge in [-0.15, -0.1) is 5.11 Å². The van der Waals surface area contributed by atoms with Crippen LogP contribution in [0.15, 0.2) is 81.4 Å². The van der Waals surface area contributed by atoms with E-state index in [4.69, 9.17) is 0 Å². The number of halogens is 1. The van der Waals surface area contributed by atoms with Crippen LogP contribution in [0.4, 0.5) is 11.4 Å². The first kappa shape index (κ1) is 19.8. The Morgan fingerprint density at radius 3 is 2.63 bits per heavy atom. The summed E-state index contributed by atoms with van der Waals surface area (Å²) >= 11 is 3.42. The molecule has 0 aliphatic rings. The van der Waals surface area contributed by atoms with Crippen LogP contribution in [0, 0.1) is 6.92 Å². The third-order valence-electron chi connectivity index (χ3n) is 4.64. The van der Waals surface area contributed by atoms with Crippen LogP contribution in [0.5, 0.6) is 5.88 Å². The lowest BCUT2D eigenvalue weighted by Crippen LogP contribution is -2.22. The summed E-state index contributed by atoms with van der Waals surface area (Å²) in [7, 11) is 0. The number of benzene rings is 3. The molecule has 3 aromatic carbocycles. The number of fused-ring (bicyclic) bond motifs is 1. The van der Waals surface area contributed by atoms with E-state index in [-0.39, 0.29) is 11.8 Å². The predicted molar refractivity (Wildman–Crippen MR) is 121 cm³/mol. The van der Waals surface area contributed by atoms with E-state index in [1.165, 1.54) is 0 Å². The summed E-state index contributed by atoms with van der Waals surface area (Å²) in [4.78, 5) is 15.2. The van der Waals surface area contributed by atoms with Crippen molar-refractivity contribution in [3.8, 4) is 5.88 Å². The second kappa shape index (κ2) is 8.51. The van der Waals surface area contributed by atoms with E-state index in [9.17, 15) is 9.90 Å². The lowest BCUT2D eigenvalue weighted by atomic mass is 10.1. The highest BCUT2D eigenvalue weighted by atomic mass is 79.9. The molecule has 1 aromatic heterocycles. The first-order chi connectivity index (χ1) is 14.5. The molecule has 3 N–H and O–H groups in total. The first-order valence-corrected chi connectivity index (χ1v) is 10.1. The van der Waals surface area contributed by atoms with Crippen LogP contribution in [0.25, 0.3) is 10.9 Å². The summed E-state index contributed by atoms with van der Waals surface area (Å²) in [5, 5.41) is 22.2. The Kier molecular flexibility index (Phi) is 5.63. The third kappa shape index (κ3) is 4.41. The number of nitrogens with zero attached hydrogens (tertiary/aromatic N) is 2. The molecule has 1 heterocycles. The molecule has 0 fully saturated rings. The van der Waals surface area contributed by atoms with Gasteiger partial charge in [-0.2, -0.15) is 5.11 Å². The summed E-state index contributed by atoms with van der Waals surface area (Å²) in [6.07, 6.45) is 0. The van der Waals surface area contributed by atoms with Gasteiger partial charge in [0.2, 0.25) is 5.88 Å². The van der Waals surface area contributed by atoms with E-state index >= 15 is 0 Å². The lowest BCUT2D eigenvalue weighted by Gasteiger charge is -2.06. The van der Waals surface area contributed by atoms with Gasteiger partial charge < -0.3 is 15.4 Å². The molecular weight excluding hydrogens is 444 g/mol. The molecule has 0 aliphatic heterocycles. The molecule has 0 saturated heterocycles. The van der Waals surface area contributed by atoms with Gasteiger partial charge in [0.1, 0.15) is 0 Å². The van der Waals surface area contributed by atoms with E-state index in [0.717, 1.165) is 26.5 Å². The van der Waals surface area contributed by atoms with Crippen molar-refractivity contribution in [1.29, 1.82) is 0 Å². The zero-order valence-electron chi connectivity index (χ0n) is 16.2. The van der Waals surface area contributed by atoms with Crippen LogP contribution in [0.1, 0.15) is 21.5 Å². The topological polar surface area (TPSA) is 89.8 Å². The molecule has 0 unspecified atom stereocenters. The maximum atomic E-state index is 12.4. The standard InChI is InChI=1S/C23H19BrN4O2/c1-14-3-2-4-15(11-14)13-25-22(29)16-5-8-18(9-6-16)27-28-21-19-12-17(24)7-10-20(19)26-23(21)30/h2-12,26,30H,13H2,1H3,(H,25,29). The fraction of sp³-hybridized carbons (Fsp3) is 0.0870. The summed E-state index contributed by atoms with van der Waals surface area (Å²) in [6.45, 7) is 2.49. The van der Waals surface area contributed by atoms with Gasteiger partial charge in [0.05, 0.1) is 11.2 Å². The zero-order valence-corrected chi connectivity index (χ0v) is 17.8. The van der Waals surface area contributed by atoms with Crippen LogP contribution in [-0.2, 0) is 6.54 Å². The van der Waals surface area contributed by atoms with Crippen LogP contribution in [0.3, 0.4) is 0 Å². The van der Waals surface area contributed by atoms with Crippen molar-refractivity contribution >= 4 is 44.1 Å². The maximum absolute atomic E-state index is 12.4. The number of azo groups is 1. The van der Waals surface area contributed by atoms with Gasteiger partial charge in [-0.25, -0.2) is 0 Å². The summed E-state index contributed by atoms with van der Waals surface area (Å²) in [5.41, 5.74) is 4.47. The average molecular weight is 463 g/mol. The molecule has 6 nitrogen and oxygen atoms in total. The van der Waals surface area contributed by atoms with Crippen molar-refractivity contribution in [3.63, 3.8) is 0 Å². The van der Waals surface area contributed by atoms with E-state index in [2.05, 4.69) is 36.5 Å². The molecule has 0 saturated carbocycles. The van der Waals surface area contributed by atoms with Gasteiger partial charge in [-0.1, -0.05) is 45.8 Å². The minimum absolute atomic E-state index is 0.0426. The number of aromatic nitrogens is 1. The smallest absolute Gasteiger partial charge is 0.251 e. The molecule has 4 rings (SSSR count). The van der Waals surface area contributed by atoms with Crippen molar-refractivity contribution in [3.05, 3.63) is 87.9 Å². The number of aryl methyl sites for hydroxylation is 1. The molecule has 0 bridgehead atoms. The van der Waals surface area contributed by atoms with Crippen molar-refractivity contribution in [2.24, 2.45) is 10.2 Å². The van der Waals surface area contributed by atoms with Crippen LogP contribution in [0.2, 0.25) is 0 Å². The van der Waals surface area contributed by atoms with Gasteiger partial charge in [-0.05, 0) is 55.0 Å². The lowest BCUT2D eigenvalue weighted by molar-refractivity contribution is 0.0951. The summed E-state index contributed by atoms with van der Waals surface area (Å²) in [5.74, 6) is -0.196. The number of carbonyl (C=O) groups is 1. The molecule has 0 aliphatic carbocycles. The van der Waals surface area contributed by atoms with Crippen molar-refractivity contribution in [2.75, 3.05) is 0 Å². The van der Waals surface area contributed by atoms with E-state index < -0.39 is 0 Å². The number of carbonyl (C=O) groups excluding carboxylic acids is 1. The normalized spacial score (nSPS) is 11.3. The molecule has 150 valence electrons. The molecular formula is C23H19BrN4O2. The average Bonchev–Trinajstić information content (AvgIpc) is 3.05. The van der Waals surface area contributed by atoms with Crippen LogP contribution in [-0.4, -0.2) is 16.0 Å². The fourth-order valence-electron chi connectivity index (χ4n) is 3.13. The number of hydrogen-bond donors (Lipinski definition) is 3. The van der Waals surface area contributed by atoms with Crippen molar-refractivity contribution < 1.29 is 9.90 Å². The molecule has 4 aromatic rings. The zero-order chi connectivity index (χ0) is 21.1. The Balaban J connectivity index is 1.45. The second-order valence-electron chi connectivity index (χ2n) is 6.93. The number of H-pyrrole nitrogens is 1. The number of rotatable bonds is 5.